The van der Waals surface area contributed by atoms with Gasteiger partial charge in [-0.25, -0.2) is 14.6 Å². The van der Waals surface area contributed by atoms with E-state index < -0.39 is 11.7 Å². The molecule has 0 spiro atoms. The highest BCUT2D eigenvalue weighted by molar-refractivity contribution is 6.30. The maximum absolute atomic E-state index is 13.6. The van der Waals surface area contributed by atoms with Crippen LogP contribution in [0, 0.1) is 5.82 Å². The minimum Gasteiger partial charge on any atom is -0.410 e. The molecule has 0 saturated carbocycles. The lowest BCUT2D eigenvalue weighted by molar-refractivity contribution is -0.137. The lowest BCUT2D eigenvalue weighted by atomic mass is 10.2. The number of hydrogen-bond acceptors (Lipinski definition) is 6. The second-order valence-electron chi connectivity index (χ2n) is 5.56. The Bertz CT molecular complexity index is 979. The highest BCUT2D eigenvalue weighted by Crippen LogP contribution is 2.22. The van der Waals surface area contributed by atoms with Gasteiger partial charge in [0, 0.05) is 12.1 Å². The van der Waals surface area contributed by atoms with Gasteiger partial charge < -0.3 is 15.4 Å². The quantitative estimate of drug-likeness (QED) is 0.338. The molecule has 140 valence electrons. The molecule has 0 aliphatic carbocycles. The van der Waals surface area contributed by atoms with Gasteiger partial charge in [0.15, 0.2) is 17.4 Å². The summed E-state index contributed by atoms with van der Waals surface area (Å²) in [4.78, 5) is 20.7. The van der Waals surface area contributed by atoms with Gasteiger partial charge in [-0.05, 0) is 35.9 Å². The Kier molecular flexibility index (Phi) is 5.53. The Labute approximate surface area is 157 Å². The number of hydrogen-bond donors (Lipinski definition) is 3. The third-order valence-corrected chi connectivity index (χ3v) is 3.95. The average molecular weight is 393 g/mol. The van der Waals surface area contributed by atoms with E-state index in [1.165, 1.54) is 12.1 Å². The Morgan fingerprint density at radius 1 is 1.30 bits per heavy atom. The molecule has 3 aromatic rings. The molecule has 0 bridgehead atoms. The molecule has 1 amide bonds. The van der Waals surface area contributed by atoms with Crippen molar-refractivity contribution < 1.29 is 24.5 Å². The fourth-order valence-corrected chi connectivity index (χ4v) is 2.44. The van der Waals surface area contributed by atoms with Crippen LogP contribution in [0.25, 0.3) is 11.4 Å². The van der Waals surface area contributed by atoms with Crippen LogP contribution in [-0.4, -0.2) is 31.3 Å². The Morgan fingerprint density at radius 3 is 2.85 bits per heavy atom. The molecule has 27 heavy (non-hydrogen) atoms. The summed E-state index contributed by atoms with van der Waals surface area (Å²) in [5.74, 6) is -0.760. The molecule has 0 radical (unpaired) electrons. The van der Waals surface area contributed by atoms with Crippen molar-refractivity contribution in [1.82, 2.24) is 20.2 Å². The molecule has 2 aromatic carbocycles. The minimum absolute atomic E-state index is 0.00898. The summed E-state index contributed by atoms with van der Waals surface area (Å²) >= 11 is 5.63. The normalized spacial score (nSPS) is 10.6. The number of aromatic nitrogens is 3. The molecule has 8 nitrogen and oxygen atoms in total. The van der Waals surface area contributed by atoms with Gasteiger partial charge in [-0.2, -0.15) is 0 Å². The predicted octanol–water partition coefficient (Wildman–Crippen LogP) is 2.69. The molecular weight excluding hydrogens is 379 g/mol. The summed E-state index contributed by atoms with van der Waals surface area (Å²) in [7, 11) is 0. The number of carbonyl (C=O) groups excluding carboxylic acids is 1. The van der Waals surface area contributed by atoms with E-state index in [4.69, 9.17) is 16.9 Å². The van der Waals surface area contributed by atoms with Gasteiger partial charge in [0.25, 0.3) is 0 Å². The number of nitrogens with one attached hydrogen (secondary N) is 1. The van der Waals surface area contributed by atoms with Gasteiger partial charge in [-0.1, -0.05) is 28.6 Å². The van der Waals surface area contributed by atoms with Crippen LogP contribution in [0.2, 0.25) is 5.02 Å². The minimum atomic E-state index is -0.642. The number of benzene rings is 2. The van der Waals surface area contributed by atoms with Crippen molar-refractivity contribution in [3.05, 3.63) is 64.7 Å². The van der Waals surface area contributed by atoms with Crippen molar-refractivity contribution in [1.29, 1.82) is 0 Å². The second kappa shape index (κ2) is 8.02. The van der Waals surface area contributed by atoms with Crippen LogP contribution in [-0.2, 0) is 17.8 Å². The van der Waals surface area contributed by atoms with E-state index in [1.807, 2.05) is 0 Å². The molecule has 1 aromatic heterocycles. The van der Waals surface area contributed by atoms with Crippen LogP contribution >= 0.6 is 11.6 Å². The molecule has 0 fully saturated rings. The molecule has 10 heteroatoms. The fourth-order valence-electron chi connectivity index (χ4n) is 2.32. The van der Waals surface area contributed by atoms with Crippen LogP contribution in [0.5, 0.6) is 5.75 Å². The molecule has 0 atom stereocenters. The Hall–Kier alpha value is -3.17. The van der Waals surface area contributed by atoms with Crippen molar-refractivity contribution >= 4 is 17.5 Å². The van der Waals surface area contributed by atoms with Gasteiger partial charge in [-0.3, -0.25) is 4.79 Å². The number of nitrogens with zero attached hydrogens (tertiary/aromatic N) is 3. The van der Waals surface area contributed by atoms with E-state index in [1.54, 1.807) is 24.3 Å². The first-order valence-corrected chi connectivity index (χ1v) is 8.11. The third-order valence-electron chi connectivity index (χ3n) is 3.65. The smallest absolute Gasteiger partial charge is 0.228 e. The summed E-state index contributed by atoms with van der Waals surface area (Å²) in [6, 6.07) is 10.5. The summed E-state index contributed by atoms with van der Waals surface area (Å²) in [6.07, 6.45) is -0.240. The van der Waals surface area contributed by atoms with Crippen LogP contribution in [0.1, 0.15) is 11.4 Å². The first kappa shape index (κ1) is 18.6. The Morgan fingerprint density at radius 2 is 2.11 bits per heavy atom. The Balaban J connectivity index is 1.65. The number of halogens is 2. The monoisotopic (exact) mass is 392 g/mol. The van der Waals surface area contributed by atoms with Crippen LogP contribution in [0.3, 0.4) is 0 Å². The van der Waals surface area contributed by atoms with Gasteiger partial charge >= 0.3 is 0 Å². The zero-order valence-corrected chi connectivity index (χ0v) is 14.5. The SMILES string of the molecule is O=C(Cc1nc(-c2ccc(Cl)c(F)c2)nn1O)NCc1cccc(OO)c1. The summed E-state index contributed by atoms with van der Waals surface area (Å²) in [5, 5.41) is 24.8. The van der Waals surface area contributed by atoms with Crippen molar-refractivity contribution in [3.63, 3.8) is 0 Å². The van der Waals surface area contributed by atoms with Gasteiger partial charge in [0.1, 0.15) is 5.82 Å². The van der Waals surface area contributed by atoms with Crippen LogP contribution in [0.15, 0.2) is 42.5 Å². The summed E-state index contributed by atoms with van der Waals surface area (Å²) in [6.45, 7) is 0.185. The molecule has 0 unspecified atom stereocenters. The van der Waals surface area contributed by atoms with E-state index in [9.17, 15) is 14.4 Å². The van der Waals surface area contributed by atoms with Crippen LogP contribution < -0.4 is 10.2 Å². The van der Waals surface area contributed by atoms with E-state index in [0.717, 1.165) is 6.07 Å². The zero-order valence-electron chi connectivity index (χ0n) is 13.8. The van der Waals surface area contributed by atoms with Gasteiger partial charge in [-0.15, -0.1) is 5.10 Å². The number of amides is 1. The van der Waals surface area contributed by atoms with E-state index in [0.29, 0.717) is 16.0 Å². The lowest BCUT2D eigenvalue weighted by Crippen LogP contribution is -2.25. The molecular formula is C17H14ClFN4O4. The zero-order chi connectivity index (χ0) is 19.4. The molecule has 0 aliphatic heterocycles. The average Bonchev–Trinajstić information content (AvgIpc) is 3.03. The first-order chi connectivity index (χ1) is 13.0. The molecule has 3 rings (SSSR count). The fraction of sp³-hybridized carbons (Fsp3) is 0.118. The first-order valence-electron chi connectivity index (χ1n) is 7.74. The van der Waals surface area contributed by atoms with Crippen LogP contribution in [0.4, 0.5) is 4.39 Å². The highest BCUT2D eigenvalue weighted by Gasteiger charge is 2.15. The topological polar surface area (TPSA) is 110 Å². The number of rotatable bonds is 6. The maximum atomic E-state index is 13.6. The van der Waals surface area contributed by atoms with Crippen molar-refractivity contribution in [2.45, 2.75) is 13.0 Å². The molecule has 1 heterocycles. The predicted molar refractivity (Wildman–Crippen MR) is 92.9 cm³/mol. The van der Waals surface area contributed by atoms with Gasteiger partial charge in [0.2, 0.25) is 5.91 Å². The second-order valence-corrected chi connectivity index (χ2v) is 5.97. The van der Waals surface area contributed by atoms with E-state index in [2.05, 4.69) is 20.3 Å². The largest absolute Gasteiger partial charge is 0.410 e. The van der Waals surface area contributed by atoms with Crippen molar-refractivity contribution in [2.75, 3.05) is 0 Å². The number of carbonyl (C=O) groups is 1. The third kappa shape index (κ3) is 4.52. The molecule has 0 aliphatic rings. The summed E-state index contributed by atoms with van der Waals surface area (Å²) in [5.41, 5.74) is 1.02. The molecule has 0 saturated heterocycles. The van der Waals surface area contributed by atoms with E-state index in [-0.39, 0.29) is 35.4 Å². The summed E-state index contributed by atoms with van der Waals surface area (Å²) < 4.78 is 13.6. The van der Waals surface area contributed by atoms with Crippen molar-refractivity contribution in [2.24, 2.45) is 0 Å². The maximum Gasteiger partial charge on any atom is 0.228 e. The molecule has 3 N–H and O–H groups in total. The highest BCUT2D eigenvalue weighted by atomic mass is 35.5. The standard InChI is InChI=1S/C17H14ClFN4O4/c18-13-5-4-11(7-14(13)19)17-21-15(23(25)22-17)8-16(24)20-9-10-2-1-3-12(6-10)27-26/h1-7,25-26H,8-9H2,(H,20,24). The van der Waals surface area contributed by atoms with E-state index >= 15 is 0 Å². The lowest BCUT2D eigenvalue weighted by Gasteiger charge is -2.05. The van der Waals surface area contributed by atoms with Crippen molar-refractivity contribution in [3.8, 4) is 17.1 Å². The van der Waals surface area contributed by atoms with Gasteiger partial charge in [0.05, 0.1) is 11.4 Å².